The number of anilines is 1. The van der Waals surface area contributed by atoms with Crippen molar-refractivity contribution in [2.45, 2.75) is 13.5 Å². The number of nitrogens with zero attached hydrogens (tertiary/aromatic N) is 1. The minimum atomic E-state index is -1.06. The van der Waals surface area contributed by atoms with E-state index in [0.29, 0.717) is 16.8 Å². The molecule has 0 aliphatic rings. The molecule has 0 radical (unpaired) electrons. The minimum absolute atomic E-state index is 0.0908. The molecule has 132 valence electrons. The maximum atomic E-state index is 12.6. The first-order valence-corrected chi connectivity index (χ1v) is 8.01. The van der Waals surface area contributed by atoms with Crippen LogP contribution in [-0.4, -0.2) is 29.1 Å². The maximum Gasteiger partial charge on any atom is 0.335 e. The summed E-state index contributed by atoms with van der Waals surface area (Å²) in [4.78, 5) is 28.3. The third kappa shape index (κ3) is 3.87. The molecule has 0 aliphatic carbocycles. The van der Waals surface area contributed by atoms with Gasteiger partial charge in [-0.25, -0.2) is 4.79 Å². The molecule has 0 bridgehead atoms. The lowest BCUT2D eigenvalue weighted by Crippen LogP contribution is -2.13. The number of aromatic nitrogens is 1. The zero-order chi connectivity index (χ0) is 18.7. The summed E-state index contributed by atoms with van der Waals surface area (Å²) in [7, 11) is 1.52. The largest absolute Gasteiger partial charge is 0.478 e. The quantitative estimate of drug-likeness (QED) is 0.733. The Bertz CT molecular complexity index is 998. The predicted molar refractivity (Wildman–Crippen MR) is 98.5 cm³/mol. The number of benzene rings is 2. The molecule has 0 saturated carbocycles. The van der Waals surface area contributed by atoms with Crippen LogP contribution in [-0.2, 0) is 11.3 Å². The summed E-state index contributed by atoms with van der Waals surface area (Å²) in [5.74, 6) is -1.39. The lowest BCUT2D eigenvalue weighted by molar-refractivity contribution is 0.0696. The summed E-state index contributed by atoms with van der Waals surface area (Å²) < 4.78 is 5.05. The highest BCUT2D eigenvalue weighted by atomic mass is 16.5. The Morgan fingerprint density at radius 1 is 1.08 bits per heavy atom. The lowest BCUT2D eigenvalue weighted by Gasteiger charge is -2.10. The van der Waals surface area contributed by atoms with E-state index in [9.17, 15) is 14.7 Å². The average Bonchev–Trinajstić information content (AvgIpc) is 2.61. The molecule has 1 amide bonds. The predicted octanol–water partition coefficient (Wildman–Crippen LogP) is 3.64. The van der Waals surface area contributed by atoms with Gasteiger partial charge in [-0.2, -0.15) is 0 Å². The Morgan fingerprint density at radius 2 is 1.88 bits per heavy atom. The number of methoxy groups -OCH3 is 1. The van der Waals surface area contributed by atoms with Gasteiger partial charge in [-0.15, -0.1) is 0 Å². The summed E-state index contributed by atoms with van der Waals surface area (Å²) in [6, 6.07) is 13.7. The fourth-order valence-corrected chi connectivity index (χ4v) is 2.71. The van der Waals surface area contributed by atoms with Crippen LogP contribution < -0.4 is 5.32 Å². The van der Waals surface area contributed by atoms with Crippen LogP contribution in [0.3, 0.4) is 0 Å². The third-order valence-electron chi connectivity index (χ3n) is 3.90. The van der Waals surface area contributed by atoms with Crippen molar-refractivity contribution in [2.24, 2.45) is 0 Å². The number of pyridine rings is 1. The maximum absolute atomic E-state index is 12.6. The smallest absolute Gasteiger partial charge is 0.335 e. The van der Waals surface area contributed by atoms with E-state index in [4.69, 9.17) is 4.74 Å². The standard InChI is InChI=1S/C20H18N2O4/c1-12-3-4-14-9-15(5-6-18(14)21-12)19(23)22-17-8-13(11-26-2)7-16(10-17)20(24)25/h3-10H,11H2,1-2H3,(H,22,23)(H,24,25). The number of nitrogens with one attached hydrogen (secondary N) is 1. The molecule has 0 spiro atoms. The summed E-state index contributed by atoms with van der Waals surface area (Å²) in [6.45, 7) is 2.16. The normalized spacial score (nSPS) is 10.7. The molecule has 6 heteroatoms. The molecule has 3 aromatic rings. The van der Waals surface area contributed by atoms with Crippen LogP contribution in [0.15, 0.2) is 48.5 Å². The number of hydrogen-bond donors (Lipinski definition) is 2. The second kappa shape index (κ2) is 7.33. The second-order valence-electron chi connectivity index (χ2n) is 5.97. The first kappa shape index (κ1) is 17.6. The molecule has 2 N–H and O–H groups in total. The molecule has 6 nitrogen and oxygen atoms in total. The summed E-state index contributed by atoms with van der Waals surface area (Å²) in [5.41, 5.74) is 3.36. The highest BCUT2D eigenvalue weighted by Crippen LogP contribution is 2.19. The van der Waals surface area contributed by atoms with Crippen molar-refractivity contribution in [3.63, 3.8) is 0 Å². The number of amides is 1. The first-order chi connectivity index (χ1) is 12.5. The van der Waals surface area contributed by atoms with Crippen LogP contribution >= 0.6 is 0 Å². The number of aromatic carboxylic acids is 1. The molecule has 1 aromatic heterocycles. The summed E-state index contributed by atoms with van der Waals surface area (Å²) in [6.07, 6.45) is 0. The van der Waals surface area contributed by atoms with Gasteiger partial charge in [0.25, 0.3) is 5.91 Å². The number of carbonyl (C=O) groups is 2. The third-order valence-corrected chi connectivity index (χ3v) is 3.90. The minimum Gasteiger partial charge on any atom is -0.478 e. The van der Waals surface area contributed by atoms with Crippen LogP contribution in [0.4, 0.5) is 5.69 Å². The topological polar surface area (TPSA) is 88.5 Å². The number of hydrogen-bond acceptors (Lipinski definition) is 4. The van der Waals surface area contributed by atoms with E-state index in [1.807, 2.05) is 19.1 Å². The highest BCUT2D eigenvalue weighted by Gasteiger charge is 2.11. The molecule has 0 saturated heterocycles. The van der Waals surface area contributed by atoms with Crippen molar-refractivity contribution in [1.29, 1.82) is 0 Å². The van der Waals surface area contributed by atoms with Crippen molar-refractivity contribution in [3.8, 4) is 0 Å². The monoisotopic (exact) mass is 350 g/mol. The molecule has 2 aromatic carbocycles. The number of rotatable bonds is 5. The van der Waals surface area contributed by atoms with Gasteiger partial charge in [0.1, 0.15) is 0 Å². The number of aryl methyl sites for hydroxylation is 1. The molecule has 26 heavy (non-hydrogen) atoms. The molecule has 1 heterocycles. The van der Waals surface area contributed by atoms with Gasteiger partial charge in [0.15, 0.2) is 0 Å². The molecule has 0 aliphatic heterocycles. The van der Waals surface area contributed by atoms with Crippen molar-refractivity contribution in [2.75, 3.05) is 12.4 Å². The number of fused-ring (bicyclic) bond motifs is 1. The number of ether oxygens (including phenoxy) is 1. The average molecular weight is 350 g/mol. The molecular weight excluding hydrogens is 332 g/mol. The molecule has 3 rings (SSSR count). The summed E-state index contributed by atoms with van der Waals surface area (Å²) in [5, 5.41) is 12.8. The van der Waals surface area contributed by atoms with Crippen LogP contribution in [0.2, 0.25) is 0 Å². The Kier molecular flexibility index (Phi) is 4.95. The van der Waals surface area contributed by atoms with Crippen molar-refractivity contribution in [1.82, 2.24) is 4.98 Å². The van der Waals surface area contributed by atoms with Gasteiger partial charge in [0.2, 0.25) is 0 Å². The van der Waals surface area contributed by atoms with Gasteiger partial charge in [0.05, 0.1) is 17.7 Å². The molecular formula is C20H18N2O4. The number of carboxylic acid groups (broad SMARTS) is 1. The van der Waals surface area contributed by atoms with E-state index in [2.05, 4.69) is 10.3 Å². The Morgan fingerprint density at radius 3 is 2.62 bits per heavy atom. The first-order valence-electron chi connectivity index (χ1n) is 8.01. The number of carbonyl (C=O) groups excluding carboxylic acids is 1. The van der Waals surface area contributed by atoms with E-state index < -0.39 is 5.97 Å². The van der Waals surface area contributed by atoms with Crippen molar-refractivity contribution < 1.29 is 19.4 Å². The highest BCUT2D eigenvalue weighted by molar-refractivity contribution is 6.06. The van der Waals surface area contributed by atoms with Gasteiger partial charge in [-0.05, 0) is 55.0 Å². The summed E-state index contributed by atoms with van der Waals surface area (Å²) >= 11 is 0. The van der Waals surface area contributed by atoms with E-state index in [1.165, 1.54) is 19.2 Å². The van der Waals surface area contributed by atoms with E-state index in [0.717, 1.165) is 16.6 Å². The van der Waals surface area contributed by atoms with Crippen LogP contribution in [0, 0.1) is 6.92 Å². The van der Waals surface area contributed by atoms with Crippen molar-refractivity contribution in [3.05, 3.63) is 70.9 Å². The van der Waals surface area contributed by atoms with E-state index in [1.54, 1.807) is 24.3 Å². The second-order valence-corrected chi connectivity index (χ2v) is 5.97. The number of carboxylic acids is 1. The molecule has 0 unspecified atom stereocenters. The Labute approximate surface area is 150 Å². The lowest BCUT2D eigenvalue weighted by atomic mass is 10.1. The van der Waals surface area contributed by atoms with Crippen molar-refractivity contribution >= 4 is 28.5 Å². The van der Waals surface area contributed by atoms with E-state index >= 15 is 0 Å². The zero-order valence-corrected chi connectivity index (χ0v) is 14.4. The van der Waals surface area contributed by atoms with Crippen LogP contribution in [0.5, 0.6) is 0 Å². The fourth-order valence-electron chi connectivity index (χ4n) is 2.71. The van der Waals surface area contributed by atoms with E-state index in [-0.39, 0.29) is 18.1 Å². The van der Waals surface area contributed by atoms with Gasteiger partial charge < -0.3 is 15.2 Å². The Hall–Kier alpha value is -3.25. The molecule has 0 atom stereocenters. The van der Waals surface area contributed by atoms with Gasteiger partial charge in [0, 0.05) is 29.4 Å². The van der Waals surface area contributed by atoms with Gasteiger partial charge in [-0.3, -0.25) is 9.78 Å². The zero-order valence-electron chi connectivity index (χ0n) is 14.4. The SMILES string of the molecule is COCc1cc(NC(=O)c2ccc3nc(C)ccc3c2)cc(C(=O)O)c1. The fraction of sp³-hybridized carbons (Fsp3) is 0.150. The molecule has 0 fully saturated rings. The Balaban J connectivity index is 1.89. The van der Waals surface area contributed by atoms with Crippen LogP contribution in [0.1, 0.15) is 32.0 Å². The van der Waals surface area contributed by atoms with Gasteiger partial charge >= 0.3 is 5.97 Å². The van der Waals surface area contributed by atoms with Gasteiger partial charge in [-0.1, -0.05) is 6.07 Å². The van der Waals surface area contributed by atoms with Crippen LogP contribution in [0.25, 0.3) is 10.9 Å².